The molecule has 4 nitrogen and oxygen atoms in total. The zero-order valence-electron chi connectivity index (χ0n) is 8.10. The van der Waals surface area contributed by atoms with Gasteiger partial charge in [-0.1, -0.05) is 12.2 Å². The molecule has 1 fully saturated rings. The van der Waals surface area contributed by atoms with Gasteiger partial charge in [0.2, 0.25) is 0 Å². The highest BCUT2D eigenvalue weighted by Gasteiger charge is 2.52. The zero-order chi connectivity index (χ0) is 10.4. The minimum absolute atomic E-state index is 0.0939. The van der Waals surface area contributed by atoms with E-state index in [1.54, 1.807) is 6.92 Å². The number of rotatable bonds is 1. The lowest BCUT2D eigenvalue weighted by Crippen LogP contribution is -2.53. The van der Waals surface area contributed by atoms with Crippen LogP contribution in [0.1, 0.15) is 13.3 Å². The van der Waals surface area contributed by atoms with Gasteiger partial charge in [-0.3, -0.25) is 0 Å². The molecule has 80 valence electrons. The van der Waals surface area contributed by atoms with Gasteiger partial charge in [-0.25, -0.2) is 8.42 Å². The van der Waals surface area contributed by atoms with E-state index < -0.39 is 20.7 Å². The molecular formula is C9H15NO3S. The Bertz CT molecular complexity index is 362. The Morgan fingerprint density at radius 3 is 2.71 bits per heavy atom. The summed E-state index contributed by atoms with van der Waals surface area (Å²) in [5, 5.41) is 12.7. The molecule has 2 aliphatic rings. The molecule has 0 spiro atoms. The third-order valence-corrected chi connectivity index (χ3v) is 5.61. The highest BCUT2D eigenvalue weighted by Crippen LogP contribution is 2.34. The van der Waals surface area contributed by atoms with Crippen LogP contribution >= 0.6 is 0 Å². The van der Waals surface area contributed by atoms with Crippen LogP contribution in [0.5, 0.6) is 0 Å². The standard InChI is InChI=1S/C9H15NO3S/c1-7-9(11,4-6-14(7,12)13)8-3-2-5-10-8/h2-3,7-8,10-11H,4-6H2,1H3. The van der Waals surface area contributed by atoms with Crippen LogP contribution < -0.4 is 5.32 Å². The van der Waals surface area contributed by atoms with Gasteiger partial charge in [-0.15, -0.1) is 0 Å². The molecule has 3 atom stereocenters. The third-order valence-electron chi connectivity index (χ3n) is 3.35. The van der Waals surface area contributed by atoms with E-state index in [9.17, 15) is 13.5 Å². The molecule has 1 saturated heterocycles. The Balaban J connectivity index is 2.29. The van der Waals surface area contributed by atoms with Crippen molar-refractivity contribution in [3.8, 4) is 0 Å². The average molecular weight is 217 g/mol. The molecule has 0 aromatic heterocycles. The Hall–Kier alpha value is -0.390. The molecule has 0 aromatic rings. The maximum Gasteiger partial charge on any atom is 0.155 e. The van der Waals surface area contributed by atoms with E-state index in [4.69, 9.17) is 0 Å². The van der Waals surface area contributed by atoms with Crippen molar-refractivity contribution < 1.29 is 13.5 Å². The van der Waals surface area contributed by atoms with Crippen molar-refractivity contribution in [2.45, 2.75) is 30.2 Å². The molecule has 0 aliphatic carbocycles. The van der Waals surface area contributed by atoms with Crippen LogP contribution in [0, 0.1) is 0 Å². The smallest absolute Gasteiger partial charge is 0.155 e. The fraction of sp³-hybridized carbons (Fsp3) is 0.778. The Kier molecular flexibility index (Phi) is 2.21. The van der Waals surface area contributed by atoms with E-state index in [1.807, 2.05) is 12.2 Å². The van der Waals surface area contributed by atoms with Gasteiger partial charge in [0.15, 0.2) is 9.84 Å². The van der Waals surface area contributed by atoms with E-state index in [2.05, 4.69) is 5.32 Å². The van der Waals surface area contributed by atoms with Gasteiger partial charge in [0.25, 0.3) is 0 Å². The summed E-state index contributed by atoms with van der Waals surface area (Å²) in [5.74, 6) is 0.0939. The van der Waals surface area contributed by atoms with E-state index in [1.165, 1.54) is 0 Å². The minimum Gasteiger partial charge on any atom is -0.387 e. The van der Waals surface area contributed by atoms with Crippen molar-refractivity contribution in [1.29, 1.82) is 0 Å². The predicted molar refractivity (Wildman–Crippen MR) is 53.7 cm³/mol. The summed E-state index contributed by atoms with van der Waals surface area (Å²) in [6, 6.07) is -0.213. The summed E-state index contributed by atoms with van der Waals surface area (Å²) in [5.41, 5.74) is -1.12. The maximum atomic E-state index is 11.5. The summed E-state index contributed by atoms with van der Waals surface area (Å²) < 4.78 is 23.0. The van der Waals surface area contributed by atoms with Gasteiger partial charge in [0.05, 0.1) is 17.0 Å². The lowest BCUT2D eigenvalue weighted by Gasteiger charge is -2.31. The van der Waals surface area contributed by atoms with Crippen molar-refractivity contribution in [1.82, 2.24) is 5.32 Å². The summed E-state index contributed by atoms with van der Waals surface area (Å²) in [7, 11) is -3.09. The van der Waals surface area contributed by atoms with Crippen molar-refractivity contribution in [2.75, 3.05) is 12.3 Å². The first kappa shape index (κ1) is 10.1. The van der Waals surface area contributed by atoms with Gasteiger partial charge >= 0.3 is 0 Å². The fourth-order valence-electron chi connectivity index (χ4n) is 2.22. The molecule has 2 heterocycles. The van der Waals surface area contributed by atoms with E-state index in [0.29, 0.717) is 13.0 Å². The van der Waals surface area contributed by atoms with Gasteiger partial charge in [0, 0.05) is 6.54 Å². The molecule has 0 aromatic carbocycles. The normalized spacial score (nSPS) is 45.9. The Labute approximate surface area is 83.9 Å². The lowest BCUT2D eigenvalue weighted by atomic mass is 9.89. The van der Waals surface area contributed by atoms with Crippen LogP contribution in [0.25, 0.3) is 0 Å². The summed E-state index contributed by atoms with van der Waals surface area (Å²) in [6.45, 7) is 2.30. The van der Waals surface area contributed by atoms with Gasteiger partial charge in [0.1, 0.15) is 5.60 Å². The zero-order valence-corrected chi connectivity index (χ0v) is 8.92. The molecule has 2 rings (SSSR count). The van der Waals surface area contributed by atoms with Crippen molar-refractivity contribution in [2.24, 2.45) is 0 Å². The van der Waals surface area contributed by atoms with Crippen LogP contribution in [0.15, 0.2) is 12.2 Å². The summed E-state index contributed by atoms with van der Waals surface area (Å²) in [6.07, 6.45) is 4.11. The highest BCUT2D eigenvalue weighted by molar-refractivity contribution is 7.92. The number of aliphatic hydroxyl groups is 1. The highest BCUT2D eigenvalue weighted by atomic mass is 32.2. The van der Waals surface area contributed by atoms with E-state index in [0.717, 1.165) is 0 Å². The number of nitrogens with one attached hydrogen (secondary N) is 1. The number of hydrogen-bond acceptors (Lipinski definition) is 4. The molecule has 2 aliphatic heterocycles. The summed E-state index contributed by atoms with van der Waals surface area (Å²) in [4.78, 5) is 0. The van der Waals surface area contributed by atoms with E-state index >= 15 is 0 Å². The van der Waals surface area contributed by atoms with Crippen LogP contribution in [-0.2, 0) is 9.84 Å². The molecule has 14 heavy (non-hydrogen) atoms. The topological polar surface area (TPSA) is 66.4 Å². The molecule has 0 radical (unpaired) electrons. The third kappa shape index (κ3) is 1.31. The number of hydrogen-bond donors (Lipinski definition) is 2. The Morgan fingerprint density at radius 1 is 1.57 bits per heavy atom. The molecule has 0 saturated carbocycles. The molecule has 3 unspecified atom stereocenters. The molecule has 0 amide bonds. The van der Waals surface area contributed by atoms with Crippen LogP contribution in [0.4, 0.5) is 0 Å². The molecule has 5 heteroatoms. The van der Waals surface area contributed by atoms with Gasteiger partial charge < -0.3 is 10.4 Å². The monoisotopic (exact) mass is 217 g/mol. The fourth-order valence-corrected chi connectivity index (χ4v) is 4.07. The Morgan fingerprint density at radius 2 is 2.29 bits per heavy atom. The lowest BCUT2D eigenvalue weighted by molar-refractivity contribution is 0.0246. The van der Waals surface area contributed by atoms with Gasteiger partial charge in [-0.05, 0) is 13.3 Å². The first-order valence-corrected chi connectivity index (χ1v) is 6.52. The van der Waals surface area contributed by atoms with E-state index in [-0.39, 0.29) is 11.8 Å². The second kappa shape index (κ2) is 3.05. The minimum atomic E-state index is -3.09. The van der Waals surface area contributed by atoms with Crippen LogP contribution in [0.3, 0.4) is 0 Å². The quantitative estimate of drug-likeness (QED) is 0.579. The second-order valence-corrected chi connectivity index (χ2v) is 6.51. The second-order valence-electron chi connectivity index (χ2n) is 4.06. The van der Waals surface area contributed by atoms with Crippen molar-refractivity contribution in [3.63, 3.8) is 0 Å². The predicted octanol–water partition coefficient (Wildman–Crippen LogP) is -0.548. The SMILES string of the molecule is CC1C(O)(C2C=CCN2)CCS1(=O)=O. The van der Waals surface area contributed by atoms with Crippen molar-refractivity contribution in [3.05, 3.63) is 12.2 Å². The van der Waals surface area contributed by atoms with Gasteiger partial charge in [-0.2, -0.15) is 0 Å². The maximum absolute atomic E-state index is 11.5. The average Bonchev–Trinajstić information content (AvgIpc) is 2.71. The first-order valence-electron chi connectivity index (χ1n) is 4.81. The van der Waals surface area contributed by atoms with Crippen molar-refractivity contribution >= 4 is 9.84 Å². The van der Waals surface area contributed by atoms with Crippen LogP contribution in [0.2, 0.25) is 0 Å². The molecule has 0 bridgehead atoms. The largest absolute Gasteiger partial charge is 0.387 e. The summed E-state index contributed by atoms with van der Waals surface area (Å²) >= 11 is 0. The number of sulfone groups is 1. The molecular weight excluding hydrogens is 202 g/mol. The first-order chi connectivity index (χ1) is 6.47. The molecule has 2 N–H and O–H groups in total. The van der Waals surface area contributed by atoms with Crippen LogP contribution in [-0.4, -0.2) is 42.7 Å².